The number of rotatable bonds is 4. The third kappa shape index (κ3) is 4.66. The Morgan fingerprint density at radius 3 is 2.86 bits per heavy atom. The first-order chi connectivity index (χ1) is 9.78. The summed E-state index contributed by atoms with van der Waals surface area (Å²) in [6.45, 7) is 3.32. The standard InChI is InChI=1S/C14H20BrClN2O2S/c1-10-9-21(19,20)7-6-18(10)5-4-14(17)12-3-2-11(15)8-13(12)16/h2-3,8,10,14H,4-7,9,17H2,1H3. The summed E-state index contributed by atoms with van der Waals surface area (Å²) < 4.78 is 24.1. The van der Waals surface area contributed by atoms with Crippen LogP contribution in [0.3, 0.4) is 0 Å². The molecule has 2 rings (SSSR count). The van der Waals surface area contributed by atoms with E-state index in [2.05, 4.69) is 20.8 Å². The largest absolute Gasteiger partial charge is 0.324 e. The van der Waals surface area contributed by atoms with Crippen LogP contribution in [0.15, 0.2) is 22.7 Å². The molecular weight excluding hydrogens is 376 g/mol. The van der Waals surface area contributed by atoms with Gasteiger partial charge in [-0.25, -0.2) is 8.42 Å². The molecule has 0 spiro atoms. The Labute approximate surface area is 139 Å². The van der Waals surface area contributed by atoms with E-state index in [0.717, 1.165) is 23.0 Å². The highest BCUT2D eigenvalue weighted by atomic mass is 79.9. The molecule has 21 heavy (non-hydrogen) atoms. The van der Waals surface area contributed by atoms with Crippen molar-refractivity contribution in [1.82, 2.24) is 4.90 Å². The number of benzene rings is 1. The van der Waals surface area contributed by atoms with Crippen LogP contribution in [0, 0.1) is 0 Å². The summed E-state index contributed by atoms with van der Waals surface area (Å²) in [5, 5.41) is 0.658. The van der Waals surface area contributed by atoms with Crippen molar-refractivity contribution in [1.29, 1.82) is 0 Å². The van der Waals surface area contributed by atoms with Gasteiger partial charge in [-0.15, -0.1) is 0 Å². The number of halogens is 2. The van der Waals surface area contributed by atoms with Crippen molar-refractivity contribution in [2.24, 2.45) is 5.73 Å². The van der Waals surface area contributed by atoms with E-state index in [1.807, 2.05) is 25.1 Å². The smallest absolute Gasteiger partial charge is 0.153 e. The van der Waals surface area contributed by atoms with Crippen molar-refractivity contribution in [3.05, 3.63) is 33.3 Å². The molecule has 1 aliphatic heterocycles. The van der Waals surface area contributed by atoms with E-state index in [9.17, 15) is 8.42 Å². The summed E-state index contributed by atoms with van der Waals surface area (Å²) in [5.74, 6) is 0.479. The molecule has 4 nitrogen and oxygen atoms in total. The van der Waals surface area contributed by atoms with Crippen LogP contribution in [-0.2, 0) is 9.84 Å². The first kappa shape index (κ1) is 17.2. The number of hydrogen-bond donors (Lipinski definition) is 1. The molecule has 0 saturated carbocycles. The van der Waals surface area contributed by atoms with E-state index in [1.165, 1.54) is 0 Å². The molecule has 1 saturated heterocycles. The molecule has 1 aromatic rings. The van der Waals surface area contributed by atoms with Crippen LogP contribution in [0.1, 0.15) is 24.9 Å². The Bertz CT molecular complexity index is 609. The van der Waals surface area contributed by atoms with Crippen molar-refractivity contribution in [3.63, 3.8) is 0 Å². The second kappa shape index (κ2) is 6.96. The van der Waals surface area contributed by atoms with E-state index in [-0.39, 0.29) is 23.6 Å². The molecule has 0 bridgehead atoms. The minimum atomic E-state index is -2.87. The highest BCUT2D eigenvalue weighted by Crippen LogP contribution is 2.27. The molecule has 1 fully saturated rings. The van der Waals surface area contributed by atoms with Gasteiger partial charge in [0, 0.05) is 34.7 Å². The molecule has 2 unspecified atom stereocenters. The van der Waals surface area contributed by atoms with Crippen LogP contribution < -0.4 is 5.73 Å². The molecule has 0 radical (unpaired) electrons. The van der Waals surface area contributed by atoms with E-state index in [1.54, 1.807) is 0 Å². The monoisotopic (exact) mass is 394 g/mol. The fourth-order valence-electron chi connectivity index (χ4n) is 2.63. The van der Waals surface area contributed by atoms with Gasteiger partial charge in [-0.3, -0.25) is 4.90 Å². The molecule has 118 valence electrons. The van der Waals surface area contributed by atoms with Crippen LogP contribution in [0.25, 0.3) is 0 Å². The topological polar surface area (TPSA) is 63.4 Å². The van der Waals surface area contributed by atoms with Gasteiger partial charge >= 0.3 is 0 Å². The van der Waals surface area contributed by atoms with Crippen molar-refractivity contribution in [3.8, 4) is 0 Å². The zero-order valence-electron chi connectivity index (χ0n) is 11.9. The third-order valence-electron chi connectivity index (χ3n) is 3.90. The zero-order valence-corrected chi connectivity index (χ0v) is 15.1. The van der Waals surface area contributed by atoms with Gasteiger partial charge in [0.05, 0.1) is 11.5 Å². The Balaban J connectivity index is 1.94. The molecule has 0 aromatic heterocycles. The average molecular weight is 396 g/mol. The highest BCUT2D eigenvalue weighted by Gasteiger charge is 2.28. The molecule has 1 aliphatic rings. The fraction of sp³-hybridized carbons (Fsp3) is 0.571. The van der Waals surface area contributed by atoms with Crippen molar-refractivity contribution >= 4 is 37.4 Å². The van der Waals surface area contributed by atoms with Crippen LogP contribution in [0.5, 0.6) is 0 Å². The lowest BCUT2D eigenvalue weighted by Gasteiger charge is -2.33. The molecule has 2 N–H and O–H groups in total. The maximum absolute atomic E-state index is 11.6. The lowest BCUT2D eigenvalue weighted by Crippen LogP contribution is -2.47. The zero-order chi connectivity index (χ0) is 15.6. The van der Waals surface area contributed by atoms with E-state index < -0.39 is 9.84 Å². The fourth-order valence-corrected chi connectivity index (χ4v) is 5.07. The van der Waals surface area contributed by atoms with Gasteiger partial charge in [0.1, 0.15) is 0 Å². The third-order valence-corrected chi connectivity index (χ3v) is 6.51. The van der Waals surface area contributed by atoms with Crippen LogP contribution in [0.4, 0.5) is 0 Å². The SMILES string of the molecule is CC1CS(=O)(=O)CCN1CCC(N)c1ccc(Br)cc1Cl. The second-order valence-corrected chi connectivity index (χ2v) is 9.11. The van der Waals surface area contributed by atoms with E-state index in [0.29, 0.717) is 11.6 Å². The van der Waals surface area contributed by atoms with Gasteiger partial charge in [0.15, 0.2) is 9.84 Å². The van der Waals surface area contributed by atoms with Gasteiger partial charge in [0.2, 0.25) is 0 Å². The van der Waals surface area contributed by atoms with Gasteiger partial charge in [0.25, 0.3) is 0 Å². The summed E-state index contributed by atoms with van der Waals surface area (Å²) in [6.07, 6.45) is 0.756. The summed E-state index contributed by atoms with van der Waals surface area (Å²) >= 11 is 9.58. The molecular formula is C14H20BrClN2O2S. The minimum absolute atomic E-state index is 0.0522. The predicted molar refractivity (Wildman–Crippen MR) is 90.4 cm³/mol. The second-order valence-electron chi connectivity index (χ2n) is 5.56. The molecule has 2 atom stereocenters. The lowest BCUT2D eigenvalue weighted by atomic mass is 10.0. The number of nitrogens with zero attached hydrogens (tertiary/aromatic N) is 1. The van der Waals surface area contributed by atoms with E-state index >= 15 is 0 Å². The first-order valence-corrected chi connectivity index (χ1v) is 9.93. The summed E-state index contributed by atoms with van der Waals surface area (Å²) in [6, 6.07) is 5.61. The quantitative estimate of drug-likeness (QED) is 0.851. The summed E-state index contributed by atoms with van der Waals surface area (Å²) in [4.78, 5) is 2.19. The van der Waals surface area contributed by atoms with Crippen LogP contribution >= 0.6 is 27.5 Å². The van der Waals surface area contributed by atoms with Crippen LogP contribution in [0.2, 0.25) is 5.02 Å². The van der Waals surface area contributed by atoms with Gasteiger partial charge in [-0.2, -0.15) is 0 Å². The van der Waals surface area contributed by atoms with Gasteiger partial charge < -0.3 is 5.73 Å². The lowest BCUT2D eigenvalue weighted by molar-refractivity contribution is 0.219. The van der Waals surface area contributed by atoms with Gasteiger partial charge in [-0.05, 0) is 31.0 Å². The maximum atomic E-state index is 11.6. The van der Waals surface area contributed by atoms with Crippen molar-refractivity contribution < 1.29 is 8.42 Å². The normalized spacial score (nSPS) is 23.9. The predicted octanol–water partition coefficient (Wildman–Crippen LogP) is 2.61. The molecule has 1 heterocycles. The summed E-state index contributed by atoms with van der Waals surface area (Å²) in [7, 11) is -2.87. The van der Waals surface area contributed by atoms with Crippen molar-refractivity contribution in [2.75, 3.05) is 24.6 Å². The Hall–Kier alpha value is -0.140. The molecule has 0 amide bonds. The van der Waals surface area contributed by atoms with E-state index in [4.69, 9.17) is 17.3 Å². The van der Waals surface area contributed by atoms with Crippen LogP contribution in [-0.4, -0.2) is 44.0 Å². The highest BCUT2D eigenvalue weighted by molar-refractivity contribution is 9.10. The Kier molecular flexibility index (Phi) is 5.71. The first-order valence-electron chi connectivity index (χ1n) is 6.93. The molecule has 7 heteroatoms. The number of hydrogen-bond acceptors (Lipinski definition) is 4. The molecule has 0 aliphatic carbocycles. The Morgan fingerprint density at radius 2 is 2.24 bits per heavy atom. The number of sulfone groups is 1. The number of nitrogens with two attached hydrogens (primary N) is 1. The average Bonchev–Trinajstić information content (AvgIpc) is 2.36. The summed E-state index contributed by atoms with van der Waals surface area (Å²) in [5.41, 5.74) is 7.15. The Morgan fingerprint density at radius 1 is 1.52 bits per heavy atom. The maximum Gasteiger partial charge on any atom is 0.153 e. The molecule has 1 aromatic carbocycles. The van der Waals surface area contributed by atoms with Crippen molar-refractivity contribution in [2.45, 2.75) is 25.4 Å². The van der Waals surface area contributed by atoms with Gasteiger partial charge in [-0.1, -0.05) is 33.6 Å². The minimum Gasteiger partial charge on any atom is -0.324 e.